The number of amides is 2. The first-order chi connectivity index (χ1) is 13.4. The van der Waals surface area contributed by atoms with Gasteiger partial charge in [-0.05, 0) is 39.2 Å². The maximum Gasteiger partial charge on any atom is 0.411 e. The lowest BCUT2D eigenvalue weighted by Gasteiger charge is -2.37. The number of likely N-dealkylation sites (N-methyl/N-ethyl adjacent to an activating group) is 2. The minimum atomic E-state index is -0.413. The fraction of sp³-hybridized carbons (Fsp3) is 0.421. The second-order valence-electron chi connectivity index (χ2n) is 7.03. The number of carbonyl (C=O) groups is 1. The van der Waals surface area contributed by atoms with Gasteiger partial charge >= 0.3 is 6.03 Å². The molecule has 2 amide bonds. The van der Waals surface area contributed by atoms with Gasteiger partial charge in [0.1, 0.15) is 24.8 Å². The third kappa shape index (κ3) is 5.54. The van der Waals surface area contributed by atoms with E-state index in [2.05, 4.69) is 44.5 Å². The fourth-order valence-corrected chi connectivity index (χ4v) is 3.13. The van der Waals surface area contributed by atoms with Crippen LogP contribution in [-0.4, -0.2) is 67.2 Å². The highest BCUT2D eigenvalue weighted by Crippen LogP contribution is 2.28. The number of carbonyl (C=O) groups excluding carboxylic acids is 1. The number of nitrogens with zero attached hydrogens (tertiary/aromatic N) is 3. The molecule has 3 rings (SSSR count). The number of hydrogen-bond donors (Lipinski definition) is 2. The van der Waals surface area contributed by atoms with E-state index in [1.165, 1.54) is 0 Å². The van der Waals surface area contributed by atoms with Crippen molar-refractivity contribution in [1.82, 2.24) is 14.8 Å². The third-order valence-corrected chi connectivity index (χ3v) is 4.92. The van der Waals surface area contributed by atoms with Crippen molar-refractivity contribution in [3.05, 3.63) is 41.3 Å². The lowest BCUT2D eigenvalue weighted by molar-refractivity contribution is -0.362. The van der Waals surface area contributed by atoms with Gasteiger partial charge < -0.3 is 9.64 Å². The Bertz CT molecular complexity index is 817. The largest absolute Gasteiger partial charge is 0.490 e. The molecule has 0 saturated carbocycles. The number of nitrogens with one attached hydrogen (secondary N) is 3. The maximum absolute atomic E-state index is 12.3. The minimum Gasteiger partial charge on any atom is -0.490 e. The lowest BCUT2D eigenvalue weighted by Crippen LogP contribution is -2.52. The molecule has 9 heteroatoms. The van der Waals surface area contributed by atoms with Crippen LogP contribution < -0.4 is 20.4 Å². The summed E-state index contributed by atoms with van der Waals surface area (Å²) in [6.07, 6.45) is 3.26. The highest BCUT2D eigenvalue weighted by atomic mass is 35.5. The van der Waals surface area contributed by atoms with E-state index in [4.69, 9.17) is 16.3 Å². The Hall–Kier alpha value is -2.42. The number of anilines is 2. The van der Waals surface area contributed by atoms with Gasteiger partial charge in [0.2, 0.25) is 0 Å². The number of aromatic nitrogens is 2. The number of piperazine rings is 1. The van der Waals surface area contributed by atoms with Crippen molar-refractivity contribution < 1.29 is 14.5 Å². The third-order valence-electron chi connectivity index (χ3n) is 4.68. The van der Waals surface area contributed by atoms with Crippen molar-refractivity contribution in [2.24, 2.45) is 0 Å². The first kappa shape index (κ1) is 20.3. The van der Waals surface area contributed by atoms with Gasteiger partial charge in [-0.3, -0.25) is 10.2 Å². The predicted octanol–water partition coefficient (Wildman–Crippen LogP) is 2.13. The molecular formula is C19H26ClN6O2+. The standard InChI is InChI=1S/C19H25ClN6O2/c1-13-9-22-18(10-21-13)24-19(27)23-16-8-14(20)4-5-17(16)28-12-15-11-25(2)6-7-26(15)3/h4-5,8-10,15H,6-7,11-12H2,1-3H3,(H2,22,23,24,27)/p+1. The number of urea groups is 1. The van der Waals surface area contributed by atoms with Crippen LogP contribution in [0.1, 0.15) is 5.69 Å². The first-order valence-corrected chi connectivity index (χ1v) is 9.52. The lowest BCUT2D eigenvalue weighted by atomic mass is 10.2. The molecule has 2 heterocycles. The molecule has 0 aliphatic carbocycles. The molecule has 1 aliphatic heterocycles. The molecule has 0 radical (unpaired) electrons. The Labute approximate surface area is 169 Å². The summed E-state index contributed by atoms with van der Waals surface area (Å²) in [4.78, 5) is 24.0. The molecule has 1 saturated heterocycles. The molecular weight excluding hydrogens is 380 g/mol. The van der Waals surface area contributed by atoms with Crippen LogP contribution in [0.3, 0.4) is 0 Å². The van der Waals surface area contributed by atoms with Crippen molar-refractivity contribution in [2.75, 3.05) is 51.0 Å². The number of H-pyrrole nitrogens is 1. The molecule has 1 atom stereocenters. The van der Waals surface area contributed by atoms with E-state index < -0.39 is 6.03 Å². The number of ether oxygens (including phenoxy) is 1. The molecule has 1 unspecified atom stereocenters. The highest BCUT2D eigenvalue weighted by molar-refractivity contribution is 6.31. The molecule has 2 aromatic rings. The number of aryl methyl sites for hydroxylation is 1. The van der Waals surface area contributed by atoms with E-state index in [0.717, 1.165) is 25.3 Å². The number of rotatable bonds is 5. The summed E-state index contributed by atoms with van der Waals surface area (Å²) in [5.41, 5.74) is 1.34. The Kier molecular flexibility index (Phi) is 6.66. The Morgan fingerprint density at radius 2 is 2.18 bits per heavy atom. The van der Waals surface area contributed by atoms with E-state index in [1.54, 1.807) is 30.6 Å². The van der Waals surface area contributed by atoms with Crippen molar-refractivity contribution in [3.63, 3.8) is 0 Å². The van der Waals surface area contributed by atoms with Crippen LogP contribution in [0.15, 0.2) is 30.6 Å². The van der Waals surface area contributed by atoms with Gasteiger partial charge in [0.25, 0.3) is 5.82 Å². The van der Waals surface area contributed by atoms with E-state index in [0.29, 0.717) is 28.9 Å². The van der Waals surface area contributed by atoms with Crippen LogP contribution in [0.5, 0.6) is 5.75 Å². The molecule has 3 N–H and O–H groups in total. The van der Waals surface area contributed by atoms with Crippen LogP contribution in [-0.2, 0) is 0 Å². The SMILES string of the molecule is Cc1c[nH+]c(NC(=O)Nc2cc(Cl)ccc2OCC2CN(C)CCN2C)cn1. The van der Waals surface area contributed by atoms with Crippen molar-refractivity contribution in [1.29, 1.82) is 0 Å². The molecule has 28 heavy (non-hydrogen) atoms. The number of benzene rings is 1. The second-order valence-corrected chi connectivity index (χ2v) is 7.47. The number of aromatic amines is 1. The first-order valence-electron chi connectivity index (χ1n) is 9.14. The monoisotopic (exact) mass is 405 g/mol. The van der Waals surface area contributed by atoms with Crippen LogP contribution >= 0.6 is 11.6 Å². The second kappa shape index (κ2) is 9.18. The summed E-state index contributed by atoms with van der Waals surface area (Å²) in [6.45, 7) is 5.36. The topological polar surface area (TPSA) is 83.9 Å². The predicted molar refractivity (Wildman–Crippen MR) is 109 cm³/mol. The molecule has 1 aliphatic rings. The average Bonchev–Trinajstić information content (AvgIpc) is 2.65. The van der Waals surface area contributed by atoms with Crippen molar-refractivity contribution >= 4 is 29.1 Å². The normalized spacial score (nSPS) is 17.9. The van der Waals surface area contributed by atoms with Crippen molar-refractivity contribution in [2.45, 2.75) is 13.0 Å². The Morgan fingerprint density at radius 1 is 1.36 bits per heavy atom. The van der Waals surface area contributed by atoms with Crippen LogP contribution in [0.2, 0.25) is 5.02 Å². The van der Waals surface area contributed by atoms with Gasteiger partial charge in [-0.1, -0.05) is 11.6 Å². The molecule has 8 nitrogen and oxygen atoms in total. The zero-order valence-electron chi connectivity index (χ0n) is 16.3. The van der Waals surface area contributed by atoms with Gasteiger partial charge in [-0.25, -0.2) is 14.8 Å². The molecule has 1 aromatic heterocycles. The Balaban J connectivity index is 1.64. The zero-order valence-corrected chi connectivity index (χ0v) is 17.1. The summed E-state index contributed by atoms with van der Waals surface area (Å²) in [7, 11) is 4.21. The number of halogens is 1. The van der Waals surface area contributed by atoms with Crippen molar-refractivity contribution in [3.8, 4) is 5.75 Å². The smallest absolute Gasteiger partial charge is 0.411 e. The molecule has 0 spiro atoms. The maximum atomic E-state index is 12.3. The fourth-order valence-electron chi connectivity index (χ4n) is 2.96. The van der Waals surface area contributed by atoms with E-state index >= 15 is 0 Å². The van der Waals surface area contributed by atoms with Crippen LogP contribution in [0.25, 0.3) is 0 Å². The van der Waals surface area contributed by atoms with E-state index in [-0.39, 0.29) is 6.04 Å². The average molecular weight is 406 g/mol. The molecule has 0 bridgehead atoms. The zero-order chi connectivity index (χ0) is 20.1. The van der Waals surface area contributed by atoms with Gasteiger partial charge in [-0.15, -0.1) is 0 Å². The van der Waals surface area contributed by atoms with Crippen LogP contribution in [0, 0.1) is 6.92 Å². The Morgan fingerprint density at radius 3 is 2.93 bits per heavy atom. The van der Waals surface area contributed by atoms with E-state index in [9.17, 15) is 4.79 Å². The summed E-state index contributed by atoms with van der Waals surface area (Å²) in [6, 6.07) is 5.05. The number of hydrogen-bond acceptors (Lipinski definition) is 5. The van der Waals surface area contributed by atoms with E-state index in [1.807, 2.05) is 6.92 Å². The molecule has 1 fully saturated rings. The summed E-state index contributed by atoms with van der Waals surface area (Å²) >= 11 is 6.11. The van der Waals surface area contributed by atoms with Gasteiger partial charge in [-0.2, -0.15) is 5.32 Å². The summed E-state index contributed by atoms with van der Waals surface area (Å²) < 4.78 is 6.03. The minimum absolute atomic E-state index is 0.282. The highest BCUT2D eigenvalue weighted by Gasteiger charge is 2.23. The van der Waals surface area contributed by atoms with Gasteiger partial charge in [0, 0.05) is 24.7 Å². The molecule has 1 aromatic carbocycles. The summed E-state index contributed by atoms with van der Waals surface area (Å²) in [5, 5.41) is 6.01. The summed E-state index contributed by atoms with van der Waals surface area (Å²) in [5.74, 6) is 1.06. The quantitative estimate of drug-likeness (QED) is 0.796. The van der Waals surface area contributed by atoms with Crippen LogP contribution in [0.4, 0.5) is 16.3 Å². The van der Waals surface area contributed by atoms with Gasteiger partial charge in [0.05, 0.1) is 17.4 Å². The molecule has 150 valence electrons. The van der Waals surface area contributed by atoms with Gasteiger partial charge in [0.15, 0.2) is 0 Å².